The van der Waals surface area contributed by atoms with Gasteiger partial charge in [-0.1, -0.05) is 55.9 Å². The zero-order chi connectivity index (χ0) is 18.1. The van der Waals surface area contributed by atoms with E-state index < -0.39 is 0 Å². The molecule has 1 atom stereocenters. The number of hydrogen-bond acceptors (Lipinski definition) is 3. The fraction of sp³-hybridized carbons (Fsp3) is 0.364. The number of aromatic nitrogens is 1. The smallest absolute Gasteiger partial charge is 0.143 e. The number of para-hydroxylation sites is 1. The van der Waals surface area contributed by atoms with Crippen molar-refractivity contribution in [3.8, 4) is 5.75 Å². The fourth-order valence-electron chi connectivity index (χ4n) is 3.91. The Bertz CT molecular complexity index is 899. The van der Waals surface area contributed by atoms with Crippen molar-refractivity contribution in [1.29, 1.82) is 0 Å². The Morgan fingerprint density at radius 3 is 2.58 bits per heavy atom. The number of benzene rings is 2. The highest BCUT2D eigenvalue weighted by Crippen LogP contribution is 2.44. The summed E-state index contributed by atoms with van der Waals surface area (Å²) in [4.78, 5) is 5.11. The molecule has 0 saturated heterocycles. The monoisotopic (exact) mass is 366 g/mol. The fourth-order valence-corrected chi connectivity index (χ4v) is 4.96. The third kappa shape index (κ3) is 3.01. The second kappa shape index (κ2) is 7.37. The SMILES string of the molecule is CCN(CC)CC1COc2cccc3c(Sc4ccccc4)c(C)n1c23. The van der Waals surface area contributed by atoms with E-state index in [1.807, 2.05) is 11.8 Å². The molecule has 2 heterocycles. The van der Waals surface area contributed by atoms with Crippen LogP contribution < -0.4 is 4.74 Å². The highest BCUT2D eigenvalue weighted by Gasteiger charge is 2.28. The molecule has 0 spiro atoms. The Balaban J connectivity index is 1.81. The molecule has 0 amide bonds. The summed E-state index contributed by atoms with van der Waals surface area (Å²) in [6.07, 6.45) is 0. The topological polar surface area (TPSA) is 17.4 Å². The van der Waals surface area contributed by atoms with E-state index >= 15 is 0 Å². The van der Waals surface area contributed by atoms with Crippen molar-refractivity contribution >= 4 is 22.7 Å². The minimum absolute atomic E-state index is 0.359. The first-order valence-electron chi connectivity index (χ1n) is 9.44. The lowest BCUT2D eigenvalue weighted by Crippen LogP contribution is -2.35. The van der Waals surface area contributed by atoms with Crippen LogP contribution in [0.3, 0.4) is 0 Å². The maximum atomic E-state index is 6.16. The summed E-state index contributed by atoms with van der Waals surface area (Å²) >= 11 is 1.86. The molecule has 26 heavy (non-hydrogen) atoms. The second-order valence-corrected chi connectivity index (χ2v) is 7.89. The van der Waals surface area contributed by atoms with Crippen molar-refractivity contribution in [1.82, 2.24) is 9.47 Å². The average molecular weight is 367 g/mol. The minimum Gasteiger partial charge on any atom is -0.489 e. The minimum atomic E-state index is 0.359. The third-order valence-corrected chi connectivity index (χ3v) is 6.52. The lowest BCUT2D eigenvalue weighted by atomic mass is 10.2. The third-order valence-electron chi connectivity index (χ3n) is 5.30. The van der Waals surface area contributed by atoms with Gasteiger partial charge in [0.2, 0.25) is 0 Å². The normalized spacial score (nSPS) is 16.2. The molecule has 136 valence electrons. The Hall–Kier alpha value is -1.91. The van der Waals surface area contributed by atoms with Gasteiger partial charge in [-0.2, -0.15) is 0 Å². The summed E-state index contributed by atoms with van der Waals surface area (Å²) in [7, 11) is 0. The van der Waals surface area contributed by atoms with Crippen molar-refractivity contribution in [2.75, 3.05) is 26.2 Å². The van der Waals surface area contributed by atoms with E-state index in [0.29, 0.717) is 6.04 Å². The van der Waals surface area contributed by atoms with Gasteiger partial charge >= 0.3 is 0 Å². The largest absolute Gasteiger partial charge is 0.489 e. The van der Waals surface area contributed by atoms with Gasteiger partial charge in [-0.05, 0) is 38.2 Å². The molecular weight excluding hydrogens is 340 g/mol. The molecule has 0 saturated carbocycles. The quantitative estimate of drug-likeness (QED) is 0.583. The number of nitrogens with zero attached hydrogens (tertiary/aromatic N) is 2. The number of ether oxygens (including phenoxy) is 1. The first-order valence-corrected chi connectivity index (χ1v) is 10.3. The second-order valence-electron chi connectivity index (χ2n) is 6.80. The molecule has 0 bridgehead atoms. The van der Waals surface area contributed by atoms with Gasteiger partial charge in [-0.25, -0.2) is 0 Å². The van der Waals surface area contributed by atoms with E-state index in [4.69, 9.17) is 4.74 Å². The molecule has 1 unspecified atom stereocenters. The van der Waals surface area contributed by atoms with E-state index in [9.17, 15) is 0 Å². The van der Waals surface area contributed by atoms with Crippen LogP contribution in [-0.4, -0.2) is 35.7 Å². The summed E-state index contributed by atoms with van der Waals surface area (Å²) in [6, 6.07) is 17.4. The molecule has 3 nitrogen and oxygen atoms in total. The van der Waals surface area contributed by atoms with E-state index in [0.717, 1.165) is 32.0 Å². The van der Waals surface area contributed by atoms with Gasteiger partial charge in [0.15, 0.2) is 0 Å². The summed E-state index contributed by atoms with van der Waals surface area (Å²) in [5.74, 6) is 1.02. The van der Waals surface area contributed by atoms with Crippen molar-refractivity contribution in [3.05, 3.63) is 54.2 Å². The predicted molar refractivity (Wildman–Crippen MR) is 110 cm³/mol. The summed E-state index contributed by atoms with van der Waals surface area (Å²) in [5.41, 5.74) is 2.61. The van der Waals surface area contributed by atoms with Crippen LogP contribution in [0, 0.1) is 6.92 Å². The first-order chi connectivity index (χ1) is 12.7. The van der Waals surface area contributed by atoms with Gasteiger partial charge in [0.05, 0.1) is 11.6 Å². The van der Waals surface area contributed by atoms with E-state index in [2.05, 4.69) is 78.8 Å². The molecule has 0 aliphatic carbocycles. The van der Waals surface area contributed by atoms with Crippen molar-refractivity contribution < 1.29 is 4.74 Å². The van der Waals surface area contributed by atoms with Crippen LogP contribution >= 0.6 is 11.8 Å². The van der Waals surface area contributed by atoms with Gasteiger partial charge in [0.25, 0.3) is 0 Å². The zero-order valence-corrected chi connectivity index (χ0v) is 16.6. The van der Waals surface area contributed by atoms with Gasteiger partial charge in [0.1, 0.15) is 12.4 Å². The van der Waals surface area contributed by atoms with Crippen LogP contribution in [0.5, 0.6) is 5.75 Å². The van der Waals surface area contributed by atoms with E-state index in [1.54, 1.807) is 0 Å². The van der Waals surface area contributed by atoms with Crippen LogP contribution in [0.1, 0.15) is 25.6 Å². The Labute approximate surface area is 159 Å². The van der Waals surface area contributed by atoms with Gasteiger partial charge in [-0.3, -0.25) is 0 Å². The molecule has 4 heteroatoms. The van der Waals surface area contributed by atoms with Crippen molar-refractivity contribution in [2.45, 2.75) is 36.6 Å². The number of hydrogen-bond donors (Lipinski definition) is 0. The van der Waals surface area contributed by atoms with Crippen LogP contribution in [0.15, 0.2) is 58.3 Å². The maximum Gasteiger partial charge on any atom is 0.143 e. The molecule has 4 rings (SSSR count). The zero-order valence-electron chi connectivity index (χ0n) is 15.7. The van der Waals surface area contributed by atoms with Crippen LogP contribution in [0.25, 0.3) is 10.9 Å². The van der Waals surface area contributed by atoms with Crippen LogP contribution in [0.2, 0.25) is 0 Å². The number of likely N-dealkylation sites (N-methyl/N-ethyl adjacent to an activating group) is 1. The van der Waals surface area contributed by atoms with E-state index in [-0.39, 0.29) is 0 Å². The molecule has 1 aromatic heterocycles. The predicted octanol–water partition coefficient (Wildman–Crippen LogP) is 5.38. The molecule has 3 aromatic rings. The van der Waals surface area contributed by atoms with Crippen LogP contribution in [-0.2, 0) is 0 Å². The highest BCUT2D eigenvalue weighted by atomic mass is 32.2. The van der Waals surface area contributed by atoms with E-state index in [1.165, 1.54) is 26.4 Å². The summed E-state index contributed by atoms with van der Waals surface area (Å²) in [5, 5.41) is 1.30. The molecule has 0 N–H and O–H groups in total. The van der Waals surface area contributed by atoms with Crippen LogP contribution in [0.4, 0.5) is 0 Å². The van der Waals surface area contributed by atoms with Gasteiger partial charge in [0, 0.05) is 27.4 Å². The van der Waals surface area contributed by atoms with Gasteiger partial charge < -0.3 is 14.2 Å². The first kappa shape index (κ1) is 17.5. The molecule has 2 aromatic carbocycles. The Morgan fingerprint density at radius 1 is 1.08 bits per heavy atom. The lowest BCUT2D eigenvalue weighted by molar-refractivity contribution is 0.178. The standard InChI is InChI=1S/C22H26N2OS/c1-4-23(5-2)14-17-15-25-20-13-9-12-19-21(20)24(17)16(3)22(19)26-18-10-7-6-8-11-18/h6-13,17H,4-5,14-15H2,1-3H3. The maximum absolute atomic E-state index is 6.16. The molecule has 0 fully saturated rings. The summed E-state index contributed by atoms with van der Waals surface area (Å²) < 4.78 is 8.69. The average Bonchev–Trinajstić information content (AvgIpc) is 2.96. The molecule has 1 aliphatic rings. The Morgan fingerprint density at radius 2 is 1.85 bits per heavy atom. The van der Waals surface area contributed by atoms with Crippen molar-refractivity contribution in [3.63, 3.8) is 0 Å². The summed E-state index contributed by atoms with van der Waals surface area (Å²) in [6.45, 7) is 10.6. The highest BCUT2D eigenvalue weighted by molar-refractivity contribution is 7.99. The molecule has 0 radical (unpaired) electrons. The molecule has 1 aliphatic heterocycles. The lowest BCUT2D eigenvalue weighted by Gasteiger charge is -2.31. The Kier molecular flexibility index (Phi) is 4.96. The van der Waals surface area contributed by atoms with Gasteiger partial charge in [-0.15, -0.1) is 0 Å². The van der Waals surface area contributed by atoms with Crippen molar-refractivity contribution in [2.24, 2.45) is 0 Å². The number of rotatable bonds is 6. The molecular formula is C22H26N2OS.